The average molecular weight is 382 g/mol. The van der Waals surface area contributed by atoms with Gasteiger partial charge < -0.3 is 24.5 Å². The molecule has 0 saturated heterocycles. The molecule has 1 aliphatic rings. The van der Waals surface area contributed by atoms with Crippen molar-refractivity contribution in [3.8, 4) is 11.1 Å². The van der Waals surface area contributed by atoms with Gasteiger partial charge in [0.15, 0.2) is 0 Å². The SMILES string of the molecule is CN(C)c1cccc2c1-c1c(c(N(C)C)c(N(C)C)c(N(C)C)c1N(C)C)C2. The Kier molecular flexibility index (Phi) is 5.13. The van der Waals surface area contributed by atoms with Crippen molar-refractivity contribution in [3.63, 3.8) is 0 Å². The molecule has 0 aliphatic heterocycles. The molecule has 0 N–H and O–H groups in total. The van der Waals surface area contributed by atoms with Gasteiger partial charge in [-0.2, -0.15) is 0 Å². The maximum Gasteiger partial charge on any atom is 0.0864 e. The lowest BCUT2D eigenvalue weighted by molar-refractivity contribution is 1.02. The Bertz CT molecular complexity index is 895. The predicted octanol–water partition coefficient (Wildman–Crippen LogP) is 3.59. The molecular formula is C23H35N5. The average Bonchev–Trinajstić information content (AvgIpc) is 2.97. The second-order valence-corrected chi connectivity index (χ2v) is 8.71. The molecule has 0 aromatic heterocycles. The van der Waals surface area contributed by atoms with Gasteiger partial charge >= 0.3 is 0 Å². The molecule has 0 atom stereocenters. The fourth-order valence-corrected chi connectivity index (χ4v) is 4.54. The molecule has 0 bridgehead atoms. The predicted molar refractivity (Wildman–Crippen MR) is 126 cm³/mol. The van der Waals surface area contributed by atoms with Crippen molar-refractivity contribution in [1.29, 1.82) is 0 Å². The summed E-state index contributed by atoms with van der Waals surface area (Å²) in [5.74, 6) is 0. The molecule has 0 unspecified atom stereocenters. The Morgan fingerprint density at radius 1 is 0.536 bits per heavy atom. The Hall–Kier alpha value is -2.56. The van der Waals surface area contributed by atoms with Crippen molar-refractivity contribution in [3.05, 3.63) is 29.3 Å². The molecule has 0 spiro atoms. The minimum Gasteiger partial charge on any atom is -0.377 e. The summed E-state index contributed by atoms with van der Waals surface area (Å²) < 4.78 is 0. The van der Waals surface area contributed by atoms with Gasteiger partial charge in [-0.25, -0.2) is 0 Å². The number of benzene rings is 2. The molecule has 5 heteroatoms. The molecule has 1 aliphatic carbocycles. The standard InChI is InChI=1S/C23H35N5/c1-24(2)17-13-11-12-15-14-16-19(18(15)17)21(26(5)6)23(28(9)10)22(27(7)8)20(16)25(3)4/h11-13H,14H2,1-10H3. The van der Waals surface area contributed by atoms with E-state index < -0.39 is 0 Å². The molecule has 0 saturated carbocycles. The van der Waals surface area contributed by atoms with E-state index in [2.05, 4.69) is 113 Å². The summed E-state index contributed by atoms with van der Waals surface area (Å²) in [5, 5.41) is 0. The molecule has 0 fully saturated rings. The van der Waals surface area contributed by atoms with Gasteiger partial charge in [-0.3, -0.25) is 0 Å². The summed E-state index contributed by atoms with van der Waals surface area (Å²) in [4.78, 5) is 11.3. The molecular weight excluding hydrogens is 346 g/mol. The fraction of sp³-hybridized carbons (Fsp3) is 0.478. The van der Waals surface area contributed by atoms with Crippen LogP contribution in [0.5, 0.6) is 0 Å². The highest BCUT2D eigenvalue weighted by Gasteiger charge is 2.34. The highest BCUT2D eigenvalue weighted by molar-refractivity contribution is 6.08. The normalized spacial score (nSPS) is 11.8. The van der Waals surface area contributed by atoms with E-state index in [0.29, 0.717) is 0 Å². The quantitative estimate of drug-likeness (QED) is 0.669. The van der Waals surface area contributed by atoms with Gasteiger partial charge in [0.1, 0.15) is 0 Å². The van der Waals surface area contributed by atoms with Gasteiger partial charge in [-0.15, -0.1) is 0 Å². The minimum absolute atomic E-state index is 0.968. The summed E-state index contributed by atoms with van der Waals surface area (Å²) in [6.07, 6.45) is 0.968. The van der Waals surface area contributed by atoms with E-state index in [1.54, 1.807) is 0 Å². The third-order valence-corrected chi connectivity index (χ3v) is 5.51. The molecule has 0 amide bonds. The van der Waals surface area contributed by atoms with Crippen LogP contribution in [0.4, 0.5) is 28.4 Å². The minimum atomic E-state index is 0.968. The van der Waals surface area contributed by atoms with E-state index in [-0.39, 0.29) is 0 Å². The molecule has 28 heavy (non-hydrogen) atoms. The maximum absolute atomic E-state index is 2.28. The first-order valence-electron chi connectivity index (χ1n) is 9.79. The van der Waals surface area contributed by atoms with E-state index in [4.69, 9.17) is 0 Å². The maximum atomic E-state index is 2.28. The van der Waals surface area contributed by atoms with Gasteiger partial charge in [0, 0.05) is 93.7 Å². The highest BCUT2D eigenvalue weighted by atomic mass is 15.2. The fourth-order valence-electron chi connectivity index (χ4n) is 4.54. The van der Waals surface area contributed by atoms with Crippen molar-refractivity contribution in [2.24, 2.45) is 0 Å². The molecule has 2 aromatic rings. The van der Waals surface area contributed by atoms with Crippen LogP contribution in [-0.4, -0.2) is 70.5 Å². The zero-order valence-corrected chi connectivity index (χ0v) is 19.2. The third-order valence-electron chi connectivity index (χ3n) is 5.51. The third kappa shape index (κ3) is 2.93. The number of rotatable bonds is 5. The Morgan fingerprint density at radius 3 is 1.50 bits per heavy atom. The van der Waals surface area contributed by atoms with Crippen molar-refractivity contribution >= 4 is 28.4 Å². The molecule has 3 rings (SSSR count). The topological polar surface area (TPSA) is 16.2 Å². The number of hydrogen-bond acceptors (Lipinski definition) is 5. The Labute approximate surface area is 170 Å². The van der Waals surface area contributed by atoms with Gasteiger partial charge in [0.2, 0.25) is 0 Å². The molecule has 0 heterocycles. The van der Waals surface area contributed by atoms with Crippen LogP contribution in [0.3, 0.4) is 0 Å². The highest BCUT2D eigenvalue weighted by Crippen LogP contribution is 2.57. The van der Waals surface area contributed by atoms with E-state index in [0.717, 1.165) is 6.42 Å². The number of anilines is 5. The zero-order valence-electron chi connectivity index (χ0n) is 19.2. The van der Waals surface area contributed by atoms with Crippen LogP contribution in [0.1, 0.15) is 11.1 Å². The van der Waals surface area contributed by atoms with Crippen LogP contribution in [0, 0.1) is 0 Å². The molecule has 152 valence electrons. The van der Waals surface area contributed by atoms with Crippen LogP contribution in [0.2, 0.25) is 0 Å². The first kappa shape index (κ1) is 20.2. The summed E-state index contributed by atoms with van der Waals surface area (Å²) in [6, 6.07) is 6.70. The van der Waals surface area contributed by atoms with E-state index in [1.807, 2.05) is 0 Å². The van der Waals surface area contributed by atoms with Crippen molar-refractivity contribution in [1.82, 2.24) is 0 Å². The summed E-state index contributed by atoms with van der Waals surface area (Å²) in [7, 11) is 21.5. The van der Waals surface area contributed by atoms with Crippen LogP contribution in [0.25, 0.3) is 11.1 Å². The van der Waals surface area contributed by atoms with Gasteiger partial charge in [0.05, 0.1) is 22.7 Å². The lowest BCUT2D eigenvalue weighted by Gasteiger charge is -2.35. The Morgan fingerprint density at radius 2 is 1.04 bits per heavy atom. The summed E-state index contributed by atoms with van der Waals surface area (Å²) in [5.41, 5.74) is 12.0. The van der Waals surface area contributed by atoms with Crippen LogP contribution in [0.15, 0.2) is 18.2 Å². The van der Waals surface area contributed by atoms with Gasteiger partial charge in [-0.1, -0.05) is 12.1 Å². The van der Waals surface area contributed by atoms with Crippen molar-refractivity contribution < 1.29 is 0 Å². The molecule has 2 aromatic carbocycles. The lowest BCUT2D eigenvalue weighted by atomic mass is 9.95. The van der Waals surface area contributed by atoms with Crippen molar-refractivity contribution in [2.45, 2.75) is 6.42 Å². The van der Waals surface area contributed by atoms with Crippen LogP contribution < -0.4 is 24.5 Å². The van der Waals surface area contributed by atoms with E-state index >= 15 is 0 Å². The summed E-state index contributed by atoms with van der Waals surface area (Å²) in [6.45, 7) is 0. The van der Waals surface area contributed by atoms with Crippen molar-refractivity contribution in [2.75, 3.05) is 95.0 Å². The summed E-state index contributed by atoms with van der Waals surface area (Å²) >= 11 is 0. The van der Waals surface area contributed by atoms with Gasteiger partial charge in [0.25, 0.3) is 0 Å². The van der Waals surface area contributed by atoms with E-state index in [9.17, 15) is 0 Å². The number of nitrogens with zero attached hydrogens (tertiary/aromatic N) is 5. The van der Waals surface area contributed by atoms with E-state index in [1.165, 1.54) is 50.7 Å². The van der Waals surface area contributed by atoms with Crippen LogP contribution >= 0.6 is 0 Å². The smallest absolute Gasteiger partial charge is 0.0864 e. The first-order chi connectivity index (χ1) is 13.1. The second-order valence-electron chi connectivity index (χ2n) is 8.71. The lowest BCUT2D eigenvalue weighted by Crippen LogP contribution is -2.25. The monoisotopic (exact) mass is 381 g/mol. The molecule has 0 radical (unpaired) electrons. The number of hydrogen-bond donors (Lipinski definition) is 0. The second kappa shape index (κ2) is 7.12. The van der Waals surface area contributed by atoms with Crippen LogP contribution in [-0.2, 0) is 6.42 Å². The van der Waals surface area contributed by atoms with Gasteiger partial charge in [-0.05, 0) is 17.2 Å². The number of fused-ring (bicyclic) bond motifs is 3. The Balaban J connectivity index is 2.56. The first-order valence-corrected chi connectivity index (χ1v) is 9.79. The largest absolute Gasteiger partial charge is 0.377 e. The molecule has 5 nitrogen and oxygen atoms in total. The zero-order chi connectivity index (χ0) is 20.9.